The second kappa shape index (κ2) is 10.3. The van der Waals surface area contributed by atoms with Crippen LogP contribution >= 0.6 is 11.3 Å². The highest BCUT2D eigenvalue weighted by atomic mass is 32.1. The summed E-state index contributed by atoms with van der Waals surface area (Å²) in [5.74, 6) is -0.230. The Morgan fingerprint density at radius 2 is 1.86 bits per heavy atom. The van der Waals surface area contributed by atoms with Crippen molar-refractivity contribution in [3.63, 3.8) is 0 Å². The van der Waals surface area contributed by atoms with Crippen LogP contribution in [0.1, 0.15) is 35.3 Å². The maximum Gasteiger partial charge on any atom is 0.314 e. The number of benzene rings is 1. The normalized spacial score (nSPS) is 17.4. The highest BCUT2D eigenvalue weighted by molar-refractivity contribution is 7.08. The van der Waals surface area contributed by atoms with E-state index < -0.39 is 0 Å². The molecular weight excluding hydrogens is 472 g/mol. The van der Waals surface area contributed by atoms with Gasteiger partial charge >= 0.3 is 6.03 Å². The molecule has 3 aromatic rings. The van der Waals surface area contributed by atoms with E-state index in [1.165, 1.54) is 0 Å². The Labute approximate surface area is 215 Å². The SMILES string of the molecule is NC(=O)N1CCC2(CCN(CCc3ccc(C(=O)Nc4cc(-c5ccsc5)ccc4N)cn3)CC2)C1. The molecule has 8 nitrogen and oxygen atoms in total. The molecule has 4 heterocycles. The third kappa shape index (κ3) is 5.37. The van der Waals surface area contributed by atoms with Gasteiger partial charge in [-0.25, -0.2) is 4.79 Å². The van der Waals surface area contributed by atoms with Crippen LogP contribution in [0.4, 0.5) is 16.2 Å². The summed E-state index contributed by atoms with van der Waals surface area (Å²) in [6.45, 7) is 4.56. The third-order valence-electron chi connectivity index (χ3n) is 7.59. The Morgan fingerprint density at radius 3 is 2.53 bits per heavy atom. The van der Waals surface area contributed by atoms with Crippen molar-refractivity contribution in [2.45, 2.75) is 25.7 Å². The molecule has 5 rings (SSSR count). The van der Waals surface area contributed by atoms with Crippen molar-refractivity contribution in [2.75, 3.05) is 43.8 Å². The fourth-order valence-electron chi connectivity index (χ4n) is 5.23. The Hall–Kier alpha value is -3.43. The van der Waals surface area contributed by atoms with Crippen LogP contribution in [0.3, 0.4) is 0 Å². The molecule has 2 aliphatic rings. The molecule has 9 heteroatoms. The topological polar surface area (TPSA) is 118 Å². The maximum absolute atomic E-state index is 12.8. The molecule has 0 saturated carbocycles. The van der Waals surface area contributed by atoms with Gasteiger partial charge in [-0.2, -0.15) is 11.3 Å². The van der Waals surface area contributed by atoms with Gasteiger partial charge in [0.2, 0.25) is 0 Å². The van der Waals surface area contributed by atoms with Crippen LogP contribution in [0.5, 0.6) is 0 Å². The molecule has 188 valence electrons. The summed E-state index contributed by atoms with van der Waals surface area (Å²) in [7, 11) is 0. The molecule has 0 atom stereocenters. The number of carbonyl (C=O) groups is 2. The number of nitrogens with two attached hydrogens (primary N) is 2. The first-order valence-corrected chi connectivity index (χ1v) is 13.3. The smallest absolute Gasteiger partial charge is 0.314 e. The van der Waals surface area contributed by atoms with Crippen LogP contribution < -0.4 is 16.8 Å². The van der Waals surface area contributed by atoms with E-state index in [4.69, 9.17) is 11.5 Å². The van der Waals surface area contributed by atoms with E-state index in [0.717, 1.165) is 75.2 Å². The van der Waals surface area contributed by atoms with Crippen LogP contribution in [-0.2, 0) is 6.42 Å². The minimum atomic E-state index is -0.298. The van der Waals surface area contributed by atoms with Crippen molar-refractivity contribution < 1.29 is 9.59 Å². The Balaban J connectivity index is 1.12. The average Bonchev–Trinajstić information content (AvgIpc) is 3.57. The number of hydrogen-bond donors (Lipinski definition) is 3. The molecule has 2 saturated heterocycles. The number of urea groups is 1. The van der Waals surface area contributed by atoms with Gasteiger partial charge in [0, 0.05) is 37.9 Å². The lowest BCUT2D eigenvalue weighted by atomic mass is 9.78. The summed E-state index contributed by atoms with van der Waals surface area (Å²) in [6, 6.07) is 11.1. The molecule has 0 unspecified atom stereocenters. The van der Waals surface area contributed by atoms with E-state index in [1.807, 2.05) is 41.8 Å². The van der Waals surface area contributed by atoms with Crippen LogP contribution in [0, 0.1) is 5.41 Å². The van der Waals surface area contributed by atoms with Crippen molar-refractivity contribution in [2.24, 2.45) is 11.1 Å². The summed E-state index contributed by atoms with van der Waals surface area (Å²) >= 11 is 1.63. The first-order valence-electron chi connectivity index (χ1n) is 12.4. The zero-order valence-electron chi connectivity index (χ0n) is 20.3. The fourth-order valence-corrected chi connectivity index (χ4v) is 5.89. The number of pyridine rings is 1. The summed E-state index contributed by atoms with van der Waals surface area (Å²) in [5, 5.41) is 7.01. The van der Waals surface area contributed by atoms with Gasteiger partial charge in [-0.05, 0) is 90.0 Å². The molecule has 0 aliphatic carbocycles. The molecule has 36 heavy (non-hydrogen) atoms. The van der Waals surface area contributed by atoms with E-state index >= 15 is 0 Å². The lowest BCUT2D eigenvalue weighted by Crippen LogP contribution is -2.43. The lowest BCUT2D eigenvalue weighted by molar-refractivity contribution is 0.102. The summed E-state index contributed by atoms with van der Waals surface area (Å²) in [5.41, 5.74) is 16.5. The van der Waals surface area contributed by atoms with Crippen molar-refractivity contribution in [3.05, 3.63) is 64.6 Å². The third-order valence-corrected chi connectivity index (χ3v) is 8.28. The number of amides is 3. The largest absolute Gasteiger partial charge is 0.397 e. The number of anilines is 2. The van der Waals surface area contributed by atoms with Crippen molar-refractivity contribution in [1.82, 2.24) is 14.8 Å². The van der Waals surface area contributed by atoms with E-state index in [0.29, 0.717) is 16.9 Å². The molecule has 0 radical (unpaired) electrons. The predicted molar refractivity (Wildman–Crippen MR) is 144 cm³/mol. The maximum atomic E-state index is 12.8. The molecular formula is C27H32N6O2S. The fraction of sp³-hybridized carbons (Fsp3) is 0.370. The molecule has 2 fully saturated rings. The van der Waals surface area contributed by atoms with Gasteiger partial charge in [-0.1, -0.05) is 6.07 Å². The van der Waals surface area contributed by atoms with E-state index in [1.54, 1.807) is 22.4 Å². The number of nitrogens with zero attached hydrogens (tertiary/aromatic N) is 3. The van der Waals surface area contributed by atoms with Crippen LogP contribution in [0.2, 0.25) is 0 Å². The number of nitrogen functional groups attached to an aromatic ring is 1. The predicted octanol–water partition coefficient (Wildman–Crippen LogP) is 4.05. The van der Waals surface area contributed by atoms with E-state index in [9.17, 15) is 9.59 Å². The van der Waals surface area contributed by atoms with Gasteiger partial charge in [0.25, 0.3) is 5.91 Å². The lowest BCUT2D eigenvalue weighted by Gasteiger charge is -2.39. The average molecular weight is 505 g/mol. The van der Waals surface area contributed by atoms with Crippen molar-refractivity contribution >= 4 is 34.6 Å². The molecule has 2 aromatic heterocycles. The number of nitrogens with one attached hydrogen (secondary N) is 1. The zero-order chi connectivity index (χ0) is 25.1. The Kier molecular flexibility index (Phi) is 6.93. The van der Waals surface area contributed by atoms with Gasteiger partial charge < -0.3 is 26.6 Å². The minimum Gasteiger partial charge on any atom is -0.397 e. The van der Waals surface area contributed by atoms with Crippen molar-refractivity contribution in [1.29, 1.82) is 0 Å². The number of thiophene rings is 1. The van der Waals surface area contributed by atoms with Gasteiger partial charge in [-0.3, -0.25) is 9.78 Å². The second-order valence-electron chi connectivity index (χ2n) is 9.91. The van der Waals surface area contributed by atoms with Crippen LogP contribution in [0.25, 0.3) is 11.1 Å². The van der Waals surface area contributed by atoms with E-state index in [2.05, 4.69) is 20.6 Å². The van der Waals surface area contributed by atoms with Crippen LogP contribution in [0.15, 0.2) is 53.4 Å². The number of primary amides is 1. The highest BCUT2D eigenvalue weighted by Crippen LogP contribution is 2.40. The minimum absolute atomic E-state index is 0.230. The number of rotatable bonds is 6. The first kappa shape index (κ1) is 24.3. The molecule has 5 N–H and O–H groups in total. The van der Waals surface area contributed by atoms with Crippen molar-refractivity contribution in [3.8, 4) is 11.1 Å². The zero-order valence-corrected chi connectivity index (χ0v) is 21.1. The number of carbonyl (C=O) groups excluding carboxylic acids is 2. The van der Waals surface area contributed by atoms with E-state index in [-0.39, 0.29) is 17.4 Å². The molecule has 0 bridgehead atoms. The quantitative estimate of drug-likeness (QED) is 0.438. The van der Waals surface area contributed by atoms with Gasteiger partial charge in [0.05, 0.1) is 16.9 Å². The molecule has 1 spiro atoms. The molecule has 2 aliphatic heterocycles. The number of hydrogen-bond acceptors (Lipinski definition) is 6. The molecule has 3 amide bonds. The highest BCUT2D eigenvalue weighted by Gasteiger charge is 2.41. The standard InChI is InChI=1S/C27H32N6O2S/c28-23-4-2-19(21-6-14-36-17-21)15-24(23)31-25(34)20-1-3-22(30-16-20)5-10-32-11-7-27(8-12-32)9-13-33(18-27)26(29)35/h1-4,6,14-17H,5,7-13,18,28H2,(H2,29,35)(H,31,34). The number of piperidine rings is 1. The number of aromatic nitrogens is 1. The Bertz CT molecular complexity index is 1220. The van der Waals surface area contributed by atoms with Crippen LogP contribution in [-0.4, -0.2) is 59.4 Å². The van der Waals surface area contributed by atoms with Gasteiger partial charge in [0.1, 0.15) is 0 Å². The summed E-state index contributed by atoms with van der Waals surface area (Å²) in [6.07, 6.45) is 5.71. The summed E-state index contributed by atoms with van der Waals surface area (Å²) in [4.78, 5) is 33.1. The monoisotopic (exact) mass is 504 g/mol. The first-order chi connectivity index (χ1) is 17.4. The summed E-state index contributed by atoms with van der Waals surface area (Å²) < 4.78 is 0. The number of likely N-dealkylation sites (tertiary alicyclic amines) is 2. The Morgan fingerprint density at radius 1 is 1.06 bits per heavy atom. The van der Waals surface area contributed by atoms with Gasteiger partial charge in [-0.15, -0.1) is 0 Å². The second-order valence-corrected chi connectivity index (χ2v) is 10.7. The molecule has 1 aromatic carbocycles. The van der Waals surface area contributed by atoms with Gasteiger partial charge in [0.15, 0.2) is 0 Å².